The van der Waals surface area contributed by atoms with E-state index in [9.17, 15) is 4.79 Å². The first-order valence-corrected chi connectivity index (χ1v) is 8.18. The van der Waals surface area contributed by atoms with Gasteiger partial charge in [0.05, 0.1) is 26.3 Å². The van der Waals surface area contributed by atoms with Crippen LogP contribution in [0, 0.1) is 0 Å². The quantitative estimate of drug-likeness (QED) is 0.707. The standard InChI is InChI=1S/C20H20N2O4/c1-24-17-9-8-14(10-19(17)25-2)13-21-20(23)12-16-11-18(26-22-16)15-6-4-3-5-7-15/h3-11H,12-13H2,1-2H3,(H,21,23). The summed E-state index contributed by atoms with van der Waals surface area (Å²) in [5, 5.41) is 6.83. The number of hydrogen-bond donors (Lipinski definition) is 1. The van der Waals surface area contributed by atoms with E-state index in [1.54, 1.807) is 20.3 Å². The van der Waals surface area contributed by atoms with Crippen LogP contribution in [0.3, 0.4) is 0 Å². The predicted molar refractivity (Wildman–Crippen MR) is 97.0 cm³/mol. The molecule has 3 rings (SSSR count). The first-order chi connectivity index (χ1) is 12.7. The largest absolute Gasteiger partial charge is 0.493 e. The van der Waals surface area contributed by atoms with E-state index in [1.807, 2.05) is 48.5 Å². The number of benzene rings is 2. The van der Waals surface area contributed by atoms with Gasteiger partial charge in [0.15, 0.2) is 17.3 Å². The number of carbonyl (C=O) groups is 1. The average Bonchev–Trinajstić information content (AvgIpc) is 3.15. The van der Waals surface area contributed by atoms with Crippen molar-refractivity contribution in [3.8, 4) is 22.8 Å². The Bertz CT molecular complexity index is 875. The lowest BCUT2D eigenvalue weighted by Crippen LogP contribution is -2.24. The van der Waals surface area contributed by atoms with Crippen molar-refractivity contribution in [3.63, 3.8) is 0 Å². The van der Waals surface area contributed by atoms with E-state index >= 15 is 0 Å². The lowest BCUT2D eigenvalue weighted by atomic mass is 10.1. The molecule has 0 saturated carbocycles. The van der Waals surface area contributed by atoms with Gasteiger partial charge in [-0.1, -0.05) is 41.6 Å². The molecule has 0 unspecified atom stereocenters. The summed E-state index contributed by atoms with van der Waals surface area (Å²) in [6.07, 6.45) is 0.156. The molecule has 0 aliphatic heterocycles. The SMILES string of the molecule is COc1ccc(CNC(=O)Cc2cc(-c3ccccc3)on2)cc1OC. The van der Waals surface area contributed by atoms with Crippen molar-refractivity contribution in [2.75, 3.05) is 14.2 Å². The minimum atomic E-state index is -0.132. The molecule has 0 saturated heterocycles. The lowest BCUT2D eigenvalue weighted by Gasteiger charge is -2.10. The molecular weight excluding hydrogens is 332 g/mol. The van der Waals surface area contributed by atoms with Crippen molar-refractivity contribution >= 4 is 5.91 Å². The molecule has 6 heteroatoms. The van der Waals surface area contributed by atoms with Crippen LogP contribution in [0.25, 0.3) is 11.3 Å². The number of carbonyl (C=O) groups excluding carboxylic acids is 1. The topological polar surface area (TPSA) is 73.6 Å². The first-order valence-electron chi connectivity index (χ1n) is 8.18. The molecule has 0 fully saturated rings. The molecule has 1 aromatic heterocycles. The summed E-state index contributed by atoms with van der Waals surface area (Å²) in [5.74, 6) is 1.79. The van der Waals surface area contributed by atoms with Gasteiger partial charge in [0.25, 0.3) is 0 Å². The van der Waals surface area contributed by atoms with Crippen molar-refractivity contribution in [1.82, 2.24) is 10.5 Å². The van der Waals surface area contributed by atoms with E-state index in [4.69, 9.17) is 14.0 Å². The molecule has 0 bridgehead atoms. The summed E-state index contributed by atoms with van der Waals surface area (Å²) in [4.78, 5) is 12.2. The van der Waals surface area contributed by atoms with Crippen molar-refractivity contribution in [2.24, 2.45) is 0 Å². The number of nitrogens with one attached hydrogen (secondary N) is 1. The molecule has 26 heavy (non-hydrogen) atoms. The van der Waals surface area contributed by atoms with Gasteiger partial charge in [0, 0.05) is 18.2 Å². The Kier molecular flexibility index (Phi) is 5.53. The molecule has 0 aliphatic carbocycles. The smallest absolute Gasteiger partial charge is 0.226 e. The molecule has 2 aromatic carbocycles. The van der Waals surface area contributed by atoms with Gasteiger partial charge in [-0.3, -0.25) is 4.79 Å². The Labute approximate surface area is 151 Å². The van der Waals surface area contributed by atoms with E-state index in [1.165, 1.54) is 0 Å². The molecule has 3 aromatic rings. The van der Waals surface area contributed by atoms with Crippen molar-refractivity contribution in [1.29, 1.82) is 0 Å². The second kappa shape index (κ2) is 8.20. The number of aromatic nitrogens is 1. The Morgan fingerprint density at radius 2 is 1.81 bits per heavy atom. The van der Waals surface area contributed by atoms with Gasteiger partial charge in [0.2, 0.25) is 5.91 Å². The molecule has 0 radical (unpaired) electrons. The molecular formula is C20H20N2O4. The van der Waals surface area contributed by atoms with Crippen LogP contribution in [-0.2, 0) is 17.8 Å². The highest BCUT2D eigenvalue weighted by molar-refractivity contribution is 5.78. The highest BCUT2D eigenvalue weighted by Crippen LogP contribution is 2.27. The summed E-state index contributed by atoms with van der Waals surface area (Å²) in [5.41, 5.74) is 2.44. The third-order valence-corrected chi connectivity index (χ3v) is 3.90. The van der Waals surface area contributed by atoms with Gasteiger partial charge in [0.1, 0.15) is 0 Å². The van der Waals surface area contributed by atoms with Gasteiger partial charge >= 0.3 is 0 Å². The van der Waals surface area contributed by atoms with E-state index in [-0.39, 0.29) is 12.3 Å². The fourth-order valence-electron chi connectivity index (χ4n) is 2.55. The second-order valence-electron chi connectivity index (χ2n) is 5.69. The minimum absolute atomic E-state index is 0.132. The van der Waals surface area contributed by atoms with Crippen molar-refractivity contribution in [3.05, 3.63) is 65.9 Å². The second-order valence-corrected chi connectivity index (χ2v) is 5.69. The third-order valence-electron chi connectivity index (χ3n) is 3.90. The summed E-state index contributed by atoms with van der Waals surface area (Å²) < 4.78 is 15.8. The number of amides is 1. The average molecular weight is 352 g/mol. The molecule has 6 nitrogen and oxygen atoms in total. The molecule has 0 spiro atoms. The van der Waals surface area contributed by atoms with Gasteiger partial charge in [-0.2, -0.15) is 0 Å². The zero-order valence-corrected chi connectivity index (χ0v) is 14.7. The van der Waals surface area contributed by atoms with Crippen LogP contribution >= 0.6 is 0 Å². The maximum atomic E-state index is 12.2. The molecule has 1 heterocycles. The van der Waals surface area contributed by atoms with Gasteiger partial charge < -0.3 is 19.3 Å². The number of rotatable bonds is 7. The number of ether oxygens (including phenoxy) is 2. The maximum Gasteiger partial charge on any atom is 0.226 e. The molecule has 0 aliphatic rings. The van der Waals surface area contributed by atoms with Crippen molar-refractivity contribution < 1.29 is 18.8 Å². The maximum absolute atomic E-state index is 12.2. The van der Waals surface area contributed by atoms with Crippen LogP contribution in [-0.4, -0.2) is 25.3 Å². The Balaban J connectivity index is 1.57. The highest BCUT2D eigenvalue weighted by Gasteiger charge is 2.11. The summed E-state index contributed by atoms with van der Waals surface area (Å²) in [6, 6.07) is 17.0. The lowest BCUT2D eigenvalue weighted by molar-refractivity contribution is -0.120. The fourth-order valence-corrected chi connectivity index (χ4v) is 2.55. The van der Waals surface area contributed by atoms with Crippen LogP contribution in [0.15, 0.2) is 59.1 Å². The van der Waals surface area contributed by atoms with E-state index in [0.29, 0.717) is 29.5 Å². The number of methoxy groups -OCH3 is 2. The zero-order valence-electron chi connectivity index (χ0n) is 14.7. The molecule has 1 N–H and O–H groups in total. The van der Waals surface area contributed by atoms with Gasteiger partial charge in [-0.25, -0.2) is 0 Å². The molecule has 0 atom stereocenters. The zero-order chi connectivity index (χ0) is 18.4. The van der Waals surface area contributed by atoms with Crippen LogP contribution < -0.4 is 14.8 Å². The molecule has 1 amide bonds. The highest BCUT2D eigenvalue weighted by atomic mass is 16.5. The summed E-state index contributed by atoms with van der Waals surface area (Å²) in [6.45, 7) is 0.391. The van der Waals surface area contributed by atoms with E-state index < -0.39 is 0 Å². The van der Waals surface area contributed by atoms with E-state index in [2.05, 4.69) is 10.5 Å². The van der Waals surface area contributed by atoms with Crippen LogP contribution in [0.5, 0.6) is 11.5 Å². The minimum Gasteiger partial charge on any atom is -0.493 e. The number of hydrogen-bond acceptors (Lipinski definition) is 5. The Morgan fingerprint density at radius 1 is 1.04 bits per heavy atom. The Morgan fingerprint density at radius 3 is 2.54 bits per heavy atom. The monoisotopic (exact) mass is 352 g/mol. The van der Waals surface area contributed by atoms with Crippen LogP contribution in [0.4, 0.5) is 0 Å². The van der Waals surface area contributed by atoms with Gasteiger partial charge in [-0.15, -0.1) is 0 Å². The van der Waals surface area contributed by atoms with Gasteiger partial charge in [-0.05, 0) is 17.7 Å². The fraction of sp³-hybridized carbons (Fsp3) is 0.200. The van der Waals surface area contributed by atoms with Crippen molar-refractivity contribution in [2.45, 2.75) is 13.0 Å². The van der Waals surface area contributed by atoms with Crippen LogP contribution in [0.2, 0.25) is 0 Å². The molecule has 134 valence electrons. The summed E-state index contributed by atoms with van der Waals surface area (Å²) >= 11 is 0. The summed E-state index contributed by atoms with van der Waals surface area (Å²) in [7, 11) is 3.16. The Hall–Kier alpha value is -3.28. The number of nitrogens with zero attached hydrogens (tertiary/aromatic N) is 1. The normalized spacial score (nSPS) is 10.4. The predicted octanol–water partition coefficient (Wildman–Crippen LogP) is 3.22. The first kappa shape index (κ1) is 17.5. The third kappa shape index (κ3) is 4.22. The van der Waals surface area contributed by atoms with E-state index in [0.717, 1.165) is 11.1 Å². The van der Waals surface area contributed by atoms with Crippen LogP contribution in [0.1, 0.15) is 11.3 Å².